The molecule has 2 aromatic rings. The van der Waals surface area contributed by atoms with Crippen LogP contribution in [0.5, 0.6) is 11.5 Å². The Hall–Kier alpha value is -2.77. The van der Waals surface area contributed by atoms with E-state index in [1.54, 1.807) is 4.90 Å². The van der Waals surface area contributed by atoms with Crippen molar-refractivity contribution in [2.24, 2.45) is 0 Å². The van der Waals surface area contributed by atoms with E-state index in [1.807, 2.05) is 75.4 Å². The molecule has 0 unspecified atom stereocenters. The Bertz CT molecular complexity index is 828. The first-order valence-electron chi connectivity index (χ1n) is 11.6. The molecule has 1 fully saturated rings. The highest BCUT2D eigenvalue weighted by Gasteiger charge is 2.25. The Kier molecular flexibility index (Phi) is 9.39. The van der Waals surface area contributed by atoms with E-state index in [0.717, 1.165) is 36.7 Å². The fourth-order valence-corrected chi connectivity index (χ4v) is 3.37. The van der Waals surface area contributed by atoms with E-state index in [1.165, 1.54) is 0 Å². The highest BCUT2D eigenvalue weighted by atomic mass is 16.6. The van der Waals surface area contributed by atoms with Crippen molar-refractivity contribution in [1.29, 1.82) is 0 Å². The van der Waals surface area contributed by atoms with Gasteiger partial charge >= 0.3 is 6.09 Å². The van der Waals surface area contributed by atoms with Crippen LogP contribution in [0.25, 0.3) is 0 Å². The van der Waals surface area contributed by atoms with Gasteiger partial charge in [-0.25, -0.2) is 4.79 Å². The minimum Gasteiger partial charge on any atom is -0.491 e. The van der Waals surface area contributed by atoms with Gasteiger partial charge in [0.25, 0.3) is 0 Å². The monoisotopic (exact) mass is 456 g/mol. The Labute approximate surface area is 197 Å². The summed E-state index contributed by atoms with van der Waals surface area (Å²) in [6, 6.07) is 17.7. The summed E-state index contributed by atoms with van der Waals surface area (Å²) in [5, 5.41) is 0. The third kappa shape index (κ3) is 9.32. The SMILES string of the molecule is CC(C)(C)OC(=O)N1CCN(CCOCCOc2ccc(OCc3ccccc3)cc2)CC1. The first-order chi connectivity index (χ1) is 15.9. The summed E-state index contributed by atoms with van der Waals surface area (Å²) in [5.74, 6) is 1.61. The maximum absolute atomic E-state index is 12.1. The number of carbonyl (C=O) groups excluding carboxylic acids is 1. The molecular weight excluding hydrogens is 420 g/mol. The summed E-state index contributed by atoms with van der Waals surface area (Å²) in [7, 11) is 0. The molecule has 0 N–H and O–H groups in total. The average Bonchev–Trinajstić information content (AvgIpc) is 2.80. The molecule has 1 amide bonds. The van der Waals surface area contributed by atoms with E-state index in [0.29, 0.717) is 39.5 Å². The van der Waals surface area contributed by atoms with Crippen molar-refractivity contribution < 1.29 is 23.7 Å². The van der Waals surface area contributed by atoms with E-state index < -0.39 is 5.60 Å². The summed E-state index contributed by atoms with van der Waals surface area (Å²) < 4.78 is 22.7. The molecule has 1 saturated heterocycles. The zero-order chi connectivity index (χ0) is 23.5. The standard InChI is InChI=1S/C26H36N2O5/c1-26(2,3)33-25(29)28-15-13-27(14-16-28)17-18-30-19-20-31-23-9-11-24(12-10-23)32-21-22-7-5-4-6-8-22/h4-12H,13-21H2,1-3H3. The quantitative estimate of drug-likeness (QED) is 0.499. The maximum Gasteiger partial charge on any atom is 0.410 e. The second kappa shape index (κ2) is 12.5. The maximum atomic E-state index is 12.1. The first kappa shape index (κ1) is 24.9. The summed E-state index contributed by atoms with van der Waals surface area (Å²) in [5.41, 5.74) is 0.683. The number of amides is 1. The third-order valence-electron chi connectivity index (χ3n) is 5.14. The number of hydrogen-bond donors (Lipinski definition) is 0. The van der Waals surface area contributed by atoms with Gasteiger partial charge in [0, 0.05) is 32.7 Å². The molecular formula is C26H36N2O5. The van der Waals surface area contributed by atoms with Crippen LogP contribution in [0.2, 0.25) is 0 Å². The molecule has 0 saturated carbocycles. The second-order valence-electron chi connectivity index (χ2n) is 9.02. The van der Waals surface area contributed by atoms with Crippen LogP contribution in [-0.2, 0) is 16.1 Å². The van der Waals surface area contributed by atoms with E-state index in [-0.39, 0.29) is 6.09 Å². The van der Waals surface area contributed by atoms with Crippen molar-refractivity contribution in [2.45, 2.75) is 33.0 Å². The molecule has 0 bridgehead atoms. The van der Waals surface area contributed by atoms with Gasteiger partial charge in [0.2, 0.25) is 0 Å². The number of carbonyl (C=O) groups is 1. The lowest BCUT2D eigenvalue weighted by Gasteiger charge is -2.35. The van der Waals surface area contributed by atoms with Crippen molar-refractivity contribution in [3.8, 4) is 11.5 Å². The molecule has 180 valence electrons. The summed E-state index contributed by atoms with van der Waals surface area (Å²) in [4.78, 5) is 16.2. The third-order valence-corrected chi connectivity index (χ3v) is 5.14. The predicted octanol–water partition coefficient (Wildman–Crippen LogP) is 4.21. The van der Waals surface area contributed by atoms with Crippen molar-refractivity contribution in [3.05, 3.63) is 60.2 Å². The predicted molar refractivity (Wildman–Crippen MR) is 128 cm³/mol. The highest BCUT2D eigenvalue weighted by Crippen LogP contribution is 2.18. The van der Waals surface area contributed by atoms with Crippen molar-refractivity contribution in [1.82, 2.24) is 9.80 Å². The first-order valence-corrected chi connectivity index (χ1v) is 11.6. The normalized spacial score (nSPS) is 14.7. The zero-order valence-electron chi connectivity index (χ0n) is 20.0. The van der Waals surface area contributed by atoms with Crippen molar-refractivity contribution >= 4 is 6.09 Å². The lowest BCUT2D eigenvalue weighted by Crippen LogP contribution is -2.50. The molecule has 3 rings (SSSR count). The molecule has 1 aliphatic rings. The molecule has 0 aromatic heterocycles. The molecule has 1 heterocycles. The number of hydrogen-bond acceptors (Lipinski definition) is 6. The van der Waals surface area contributed by atoms with Crippen molar-refractivity contribution in [3.63, 3.8) is 0 Å². The van der Waals surface area contributed by atoms with Gasteiger partial charge in [0.05, 0.1) is 13.2 Å². The topological polar surface area (TPSA) is 60.5 Å². The number of ether oxygens (including phenoxy) is 4. The summed E-state index contributed by atoms with van der Waals surface area (Å²) in [6.45, 7) is 11.8. The molecule has 0 aliphatic carbocycles. The van der Waals surface area contributed by atoms with E-state index >= 15 is 0 Å². The van der Waals surface area contributed by atoms with Crippen LogP contribution in [0, 0.1) is 0 Å². The second-order valence-corrected chi connectivity index (χ2v) is 9.02. The number of piperazine rings is 1. The Morgan fingerprint density at radius 3 is 2.09 bits per heavy atom. The minimum atomic E-state index is -0.456. The Morgan fingerprint density at radius 2 is 1.45 bits per heavy atom. The summed E-state index contributed by atoms with van der Waals surface area (Å²) in [6.07, 6.45) is -0.230. The molecule has 0 radical (unpaired) electrons. The Balaban J connectivity index is 1.22. The van der Waals surface area contributed by atoms with Gasteiger partial charge in [-0.1, -0.05) is 30.3 Å². The number of rotatable bonds is 10. The van der Waals surface area contributed by atoms with Gasteiger partial charge in [-0.15, -0.1) is 0 Å². The molecule has 7 heteroatoms. The van der Waals surface area contributed by atoms with E-state index in [9.17, 15) is 4.79 Å². The van der Waals surface area contributed by atoms with Crippen molar-refractivity contribution in [2.75, 3.05) is 52.5 Å². The van der Waals surface area contributed by atoms with Crippen LogP contribution >= 0.6 is 0 Å². The van der Waals surface area contributed by atoms with Gasteiger partial charge in [0.15, 0.2) is 0 Å². The van der Waals surface area contributed by atoms with Gasteiger partial charge in [-0.3, -0.25) is 4.90 Å². The average molecular weight is 457 g/mol. The zero-order valence-corrected chi connectivity index (χ0v) is 20.0. The van der Waals surface area contributed by atoms with Crippen LogP contribution in [0.4, 0.5) is 4.79 Å². The van der Waals surface area contributed by atoms with E-state index in [4.69, 9.17) is 18.9 Å². The van der Waals surface area contributed by atoms with Crippen LogP contribution in [0.1, 0.15) is 26.3 Å². The molecule has 1 aliphatic heterocycles. The lowest BCUT2D eigenvalue weighted by molar-refractivity contribution is 0.0108. The summed E-state index contributed by atoms with van der Waals surface area (Å²) >= 11 is 0. The smallest absolute Gasteiger partial charge is 0.410 e. The fraction of sp³-hybridized carbons (Fsp3) is 0.500. The number of benzene rings is 2. The van der Waals surface area contributed by atoms with Gasteiger partial charge in [-0.05, 0) is 50.6 Å². The van der Waals surface area contributed by atoms with Crippen LogP contribution in [-0.4, -0.2) is 74.0 Å². The van der Waals surface area contributed by atoms with Gasteiger partial charge in [-0.2, -0.15) is 0 Å². The Morgan fingerprint density at radius 1 is 0.818 bits per heavy atom. The molecule has 0 spiro atoms. The van der Waals surface area contributed by atoms with Crippen LogP contribution in [0.3, 0.4) is 0 Å². The van der Waals surface area contributed by atoms with Gasteiger partial charge < -0.3 is 23.8 Å². The molecule has 0 atom stereocenters. The van der Waals surface area contributed by atoms with Crippen LogP contribution < -0.4 is 9.47 Å². The lowest BCUT2D eigenvalue weighted by atomic mass is 10.2. The van der Waals surface area contributed by atoms with Crippen LogP contribution in [0.15, 0.2) is 54.6 Å². The molecule has 33 heavy (non-hydrogen) atoms. The fourth-order valence-electron chi connectivity index (χ4n) is 3.37. The number of nitrogens with zero attached hydrogens (tertiary/aromatic N) is 2. The minimum absolute atomic E-state index is 0.230. The van der Waals surface area contributed by atoms with Gasteiger partial charge in [0.1, 0.15) is 30.3 Å². The van der Waals surface area contributed by atoms with E-state index in [2.05, 4.69) is 4.90 Å². The largest absolute Gasteiger partial charge is 0.491 e. The highest BCUT2D eigenvalue weighted by molar-refractivity contribution is 5.68. The molecule has 2 aromatic carbocycles. The molecule has 7 nitrogen and oxygen atoms in total.